The minimum Gasteiger partial charge on any atom is -0.376 e. The van der Waals surface area contributed by atoms with Crippen LogP contribution in [0.25, 0.3) is 5.57 Å². The van der Waals surface area contributed by atoms with Gasteiger partial charge in [-0.1, -0.05) is 42.8 Å². The number of rotatable bonds is 3. The number of hydrogen-bond acceptors (Lipinski definition) is 2. The van der Waals surface area contributed by atoms with E-state index in [9.17, 15) is 5.11 Å². The van der Waals surface area contributed by atoms with Crippen molar-refractivity contribution in [2.45, 2.75) is 12.5 Å². The van der Waals surface area contributed by atoms with E-state index in [4.69, 9.17) is 11.2 Å². The van der Waals surface area contributed by atoms with Crippen LogP contribution in [-0.4, -0.2) is 24.4 Å². The Morgan fingerprint density at radius 3 is 2.78 bits per heavy atom. The molecule has 1 atom stereocenters. The van der Waals surface area contributed by atoms with Crippen molar-refractivity contribution in [1.82, 2.24) is 0 Å². The summed E-state index contributed by atoms with van der Waals surface area (Å²) in [5, 5.41) is 9.86. The van der Waals surface area contributed by atoms with E-state index in [0.29, 0.717) is 19.6 Å². The molecule has 18 heavy (non-hydrogen) atoms. The Morgan fingerprint density at radius 1 is 1.39 bits per heavy atom. The highest BCUT2D eigenvalue weighted by molar-refractivity contribution is 5.79. The summed E-state index contributed by atoms with van der Waals surface area (Å²) in [6, 6.07) is 9.86. The molecular formula is C16H16O2. The van der Waals surface area contributed by atoms with Crippen molar-refractivity contribution in [1.29, 1.82) is 0 Å². The predicted octanol–water partition coefficient (Wildman–Crippen LogP) is 2.41. The second kappa shape index (κ2) is 5.68. The van der Waals surface area contributed by atoms with Crippen molar-refractivity contribution in [3.8, 4) is 12.3 Å². The van der Waals surface area contributed by atoms with Gasteiger partial charge in [-0.05, 0) is 28.7 Å². The SMILES string of the molecule is C#CC(O)C1=C(C(=C)c2ccccc2)COCC1. The van der Waals surface area contributed by atoms with Gasteiger partial charge in [0, 0.05) is 0 Å². The number of ether oxygens (including phenoxy) is 1. The standard InChI is InChI=1S/C16H16O2/c1-3-16(17)14-9-10-18-11-15(14)12(2)13-7-5-4-6-8-13/h1,4-8,16-17H,2,9-11H2. The van der Waals surface area contributed by atoms with Crippen molar-refractivity contribution in [2.24, 2.45) is 0 Å². The van der Waals surface area contributed by atoms with E-state index < -0.39 is 6.10 Å². The largest absolute Gasteiger partial charge is 0.376 e. The van der Waals surface area contributed by atoms with Gasteiger partial charge >= 0.3 is 0 Å². The Morgan fingerprint density at radius 2 is 2.11 bits per heavy atom. The van der Waals surface area contributed by atoms with Crippen molar-refractivity contribution >= 4 is 5.57 Å². The van der Waals surface area contributed by atoms with Gasteiger partial charge < -0.3 is 9.84 Å². The fraction of sp³-hybridized carbons (Fsp3) is 0.250. The van der Waals surface area contributed by atoms with Gasteiger partial charge in [-0.3, -0.25) is 0 Å². The Hall–Kier alpha value is -1.82. The molecule has 0 bridgehead atoms. The molecule has 0 aromatic heterocycles. The maximum Gasteiger partial charge on any atom is 0.136 e. The van der Waals surface area contributed by atoms with Crippen molar-refractivity contribution in [2.75, 3.05) is 13.2 Å². The second-order valence-corrected chi connectivity index (χ2v) is 4.22. The van der Waals surface area contributed by atoms with Crippen LogP contribution in [0.5, 0.6) is 0 Å². The first-order valence-corrected chi connectivity index (χ1v) is 5.92. The second-order valence-electron chi connectivity index (χ2n) is 4.22. The first-order chi connectivity index (χ1) is 8.74. The van der Waals surface area contributed by atoms with Crippen LogP contribution in [0.3, 0.4) is 0 Å². The van der Waals surface area contributed by atoms with Gasteiger partial charge in [0.05, 0.1) is 13.2 Å². The fourth-order valence-corrected chi connectivity index (χ4v) is 2.10. The number of terminal acetylenes is 1. The highest BCUT2D eigenvalue weighted by atomic mass is 16.5. The van der Waals surface area contributed by atoms with Crippen LogP contribution in [0, 0.1) is 12.3 Å². The molecule has 1 heterocycles. The zero-order valence-electron chi connectivity index (χ0n) is 10.2. The molecule has 1 aromatic rings. The monoisotopic (exact) mass is 240 g/mol. The Labute approximate surface area is 108 Å². The lowest BCUT2D eigenvalue weighted by Crippen LogP contribution is -2.20. The summed E-state index contributed by atoms with van der Waals surface area (Å²) in [4.78, 5) is 0. The van der Waals surface area contributed by atoms with Crippen LogP contribution in [0.1, 0.15) is 12.0 Å². The molecule has 0 amide bonds. The van der Waals surface area contributed by atoms with Crippen LogP contribution in [0.4, 0.5) is 0 Å². The van der Waals surface area contributed by atoms with Gasteiger partial charge in [-0.2, -0.15) is 0 Å². The maximum atomic E-state index is 9.86. The highest BCUT2D eigenvalue weighted by Gasteiger charge is 2.20. The lowest BCUT2D eigenvalue weighted by Gasteiger charge is -2.24. The van der Waals surface area contributed by atoms with E-state index in [-0.39, 0.29) is 0 Å². The summed E-state index contributed by atoms with van der Waals surface area (Å²) in [6.45, 7) is 5.15. The first kappa shape index (κ1) is 12.6. The number of hydrogen-bond donors (Lipinski definition) is 1. The van der Waals surface area contributed by atoms with Crippen LogP contribution in [0.15, 0.2) is 48.1 Å². The molecule has 0 radical (unpaired) electrons. The third-order valence-corrected chi connectivity index (χ3v) is 3.12. The zero-order valence-corrected chi connectivity index (χ0v) is 10.2. The normalized spacial score (nSPS) is 17.1. The molecule has 1 aromatic carbocycles. The van der Waals surface area contributed by atoms with Gasteiger partial charge in [-0.15, -0.1) is 6.42 Å². The molecule has 2 nitrogen and oxygen atoms in total. The molecule has 92 valence electrons. The first-order valence-electron chi connectivity index (χ1n) is 5.92. The van der Waals surface area contributed by atoms with Gasteiger partial charge in [0.1, 0.15) is 6.10 Å². The summed E-state index contributed by atoms with van der Waals surface area (Å²) in [5.74, 6) is 2.37. The molecule has 0 aliphatic carbocycles. The Balaban J connectivity index is 2.38. The van der Waals surface area contributed by atoms with Gasteiger partial charge in [0.2, 0.25) is 0 Å². The Bertz CT molecular complexity index is 506. The van der Waals surface area contributed by atoms with Gasteiger partial charge in [0.25, 0.3) is 0 Å². The third kappa shape index (κ3) is 2.53. The van der Waals surface area contributed by atoms with E-state index in [1.807, 2.05) is 30.3 Å². The molecule has 1 aliphatic rings. The lowest BCUT2D eigenvalue weighted by atomic mass is 9.90. The average Bonchev–Trinajstić information content (AvgIpc) is 2.46. The van der Waals surface area contributed by atoms with Crippen molar-refractivity contribution in [3.05, 3.63) is 53.6 Å². The van der Waals surface area contributed by atoms with Gasteiger partial charge in [0.15, 0.2) is 0 Å². The average molecular weight is 240 g/mol. The Kier molecular flexibility index (Phi) is 3.99. The van der Waals surface area contributed by atoms with E-state index in [1.165, 1.54) is 0 Å². The predicted molar refractivity (Wildman–Crippen MR) is 72.8 cm³/mol. The minimum absolute atomic E-state index is 0.460. The van der Waals surface area contributed by atoms with Crippen LogP contribution >= 0.6 is 0 Å². The van der Waals surface area contributed by atoms with E-state index >= 15 is 0 Å². The van der Waals surface area contributed by atoms with Crippen molar-refractivity contribution < 1.29 is 9.84 Å². The maximum absolute atomic E-state index is 9.86. The quantitative estimate of drug-likeness (QED) is 0.822. The number of benzene rings is 1. The summed E-state index contributed by atoms with van der Waals surface area (Å²) in [7, 11) is 0. The minimum atomic E-state index is -0.843. The number of aliphatic hydroxyl groups excluding tert-OH is 1. The van der Waals surface area contributed by atoms with Gasteiger partial charge in [-0.25, -0.2) is 0 Å². The molecule has 0 saturated heterocycles. The van der Waals surface area contributed by atoms with Crippen LogP contribution in [-0.2, 0) is 4.74 Å². The molecule has 2 heteroatoms. The third-order valence-electron chi connectivity index (χ3n) is 3.12. The van der Waals surface area contributed by atoms with Crippen molar-refractivity contribution in [3.63, 3.8) is 0 Å². The highest BCUT2D eigenvalue weighted by Crippen LogP contribution is 2.29. The van der Waals surface area contributed by atoms with E-state index in [1.54, 1.807) is 0 Å². The molecule has 0 spiro atoms. The fourth-order valence-electron chi connectivity index (χ4n) is 2.10. The smallest absolute Gasteiger partial charge is 0.136 e. The van der Waals surface area contributed by atoms with E-state index in [0.717, 1.165) is 22.3 Å². The molecule has 0 fully saturated rings. The number of aliphatic hydroxyl groups is 1. The molecule has 2 rings (SSSR count). The van der Waals surface area contributed by atoms with E-state index in [2.05, 4.69) is 12.5 Å². The molecule has 0 saturated carbocycles. The zero-order chi connectivity index (χ0) is 13.0. The molecule has 1 aliphatic heterocycles. The summed E-state index contributed by atoms with van der Waals surface area (Å²) in [6.07, 6.45) is 5.12. The molecule has 1 N–H and O–H groups in total. The summed E-state index contributed by atoms with van der Waals surface area (Å²) >= 11 is 0. The molecule has 1 unspecified atom stereocenters. The van der Waals surface area contributed by atoms with Crippen LogP contribution in [0.2, 0.25) is 0 Å². The molecular weight excluding hydrogens is 224 g/mol. The summed E-state index contributed by atoms with van der Waals surface area (Å²) < 4.78 is 5.45. The lowest BCUT2D eigenvalue weighted by molar-refractivity contribution is 0.138. The van der Waals surface area contributed by atoms with Crippen LogP contribution < -0.4 is 0 Å². The topological polar surface area (TPSA) is 29.5 Å². The summed E-state index contributed by atoms with van der Waals surface area (Å²) in [5.41, 5.74) is 3.69.